The molecule has 21 heavy (non-hydrogen) atoms. The molecule has 1 saturated heterocycles. The molecule has 1 N–H and O–H groups in total. The molecular weight excluding hydrogens is 352 g/mol. The van der Waals surface area contributed by atoms with E-state index in [-0.39, 0.29) is 12.4 Å². The van der Waals surface area contributed by atoms with E-state index in [0.29, 0.717) is 0 Å². The van der Waals surface area contributed by atoms with Crippen molar-refractivity contribution in [1.82, 2.24) is 10.2 Å². The van der Waals surface area contributed by atoms with Crippen LogP contribution in [0.2, 0.25) is 0 Å². The van der Waals surface area contributed by atoms with Crippen molar-refractivity contribution in [3.8, 4) is 5.75 Å². The fraction of sp³-hybridized carbons (Fsp3) is 0.625. The number of hydrogen-bond donors (Lipinski definition) is 1. The monoisotopic (exact) mass is 376 g/mol. The lowest BCUT2D eigenvalue weighted by Crippen LogP contribution is -2.34. The normalized spacial score (nSPS) is 16.5. The van der Waals surface area contributed by atoms with Crippen molar-refractivity contribution >= 4 is 28.3 Å². The van der Waals surface area contributed by atoms with E-state index < -0.39 is 0 Å². The molecule has 2 rings (SSSR count). The Labute approximate surface area is 143 Å². The van der Waals surface area contributed by atoms with E-state index in [1.54, 1.807) is 7.11 Å². The molecule has 0 radical (unpaired) electrons. The van der Waals surface area contributed by atoms with Crippen molar-refractivity contribution in [1.29, 1.82) is 0 Å². The highest BCUT2D eigenvalue weighted by molar-refractivity contribution is 9.10. The lowest BCUT2D eigenvalue weighted by atomic mass is 9.93. The topological polar surface area (TPSA) is 24.5 Å². The second-order valence-corrected chi connectivity index (χ2v) is 6.42. The van der Waals surface area contributed by atoms with Gasteiger partial charge in [-0.3, -0.25) is 4.90 Å². The second kappa shape index (κ2) is 9.67. The average Bonchev–Trinajstić information content (AvgIpc) is 2.49. The molecule has 0 spiro atoms. The molecule has 0 amide bonds. The minimum absolute atomic E-state index is 0. The van der Waals surface area contributed by atoms with Gasteiger partial charge in [-0.2, -0.15) is 0 Å². The molecule has 0 unspecified atom stereocenters. The van der Waals surface area contributed by atoms with Gasteiger partial charge in [0, 0.05) is 11.0 Å². The Balaban J connectivity index is 0.00000220. The van der Waals surface area contributed by atoms with Crippen molar-refractivity contribution in [2.24, 2.45) is 5.92 Å². The Kier molecular flexibility index (Phi) is 8.64. The van der Waals surface area contributed by atoms with Gasteiger partial charge in [-0.1, -0.05) is 15.9 Å². The van der Waals surface area contributed by atoms with Gasteiger partial charge in [0.25, 0.3) is 0 Å². The zero-order chi connectivity index (χ0) is 14.4. The highest BCUT2D eigenvalue weighted by Crippen LogP contribution is 2.26. The van der Waals surface area contributed by atoms with Crippen molar-refractivity contribution < 1.29 is 4.74 Å². The summed E-state index contributed by atoms with van der Waals surface area (Å²) in [5.74, 6) is 1.83. The number of benzene rings is 1. The van der Waals surface area contributed by atoms with E-state index in [1.165, 1.54) is 42.4 Å². The largest absolute Gasteiger partial charge is 0.497 e. The van der Waals surface area contributed by atoms with Crippen LogP contribution in [0.25, 0.3) is 0 Å². The third-order valence-corrected chi connectivity index (χ3v) is 4.93. The number of ether oxygens (including phenoxy) is 1. The Hall–Kier alpha value is -0.290. The van der Waals surface area contributed by atoms with E-state index >= 15 is 0 Å². The van der Waals surface area contributed by atoms with Crippen LogP contribution in [0.1, 0.15) is 24.8 Å². The maximum atomic E-state index is 5.31. The maximum absolute atomic E-state index is 5.31. The van der Waals surface area contributed by atoms with Crippen LogP contribution in [0.3, 0.4) is 0 Å². The summed E-state index contributed by atoms with van der Waals surface area (Å²) in [6.07, 6.45) is 3.96. The summed E-state index contributed by atoms with van der Waals surface area (Å²) in [4.78, 5) is 2.55. The van der Waals surface area contributed by atoms with Gasteiger partial charge in [-0.25, -0.2) is 0 Å². The molecule has 0 atom stereocenters. The van der Waals surface area contributed by atoms with E-state index in [9.17, 15) is 0 Å². The third-order valence-electron chi connectivity index (χ3n) is 4.16. The molecular formula is C16H26BrClN2O. The molecule has 0 aliphatic carbocycles. The first-order valence-corrected chi connectivity index (χ1v) is 8.21. The minimum Gasteiger partial charge on any atom is -0.497 e. The van der Waals surface area contributed by atoms with Gasteiger partial charge in [-0.15, -0.1) is 12.4 Å². The van der Waals surface area contributed by atoms with Crippen LogP contribution in [0.4, 0.5) is 0 Å². The molecule has 0 bridgehead atoms. The first-order chi connectivity index (χ1) is 9.72. The van der Waals surface area contributed by atoms with Gasteiger partial charge < -0.3 is 10.1 Å². The van der Waals surface area contributed by atoms with Gasteiger partial charge in [0.1, 0.15) is 5.75 Å². The highest BCUT2D eigenvalue weighted by atomic mass is 79.9. The van der Waals surface area contributed by atoms with Crippen LogP contribution in [0.15, 0.2) is 22.7 Å². The van der Waals surface area contributed by atoms with Gasteiger partial charge in [0.2, 0.25) is 0 Å². The Morgan fingerprint density at radius 1 is 1.33 bits per heavy atom. The van der Waals surface area contributed by atoms with Gasteiger partial charge in [0.15, 0.2) is 0 Å². The molecule has 1 fully saturated rings. The van der Waals surface area contributed by atoms with Crippen molar-refractivity contribution in [2.45, 2.75) is 25.8 Å². The summed E-state index contributed by atoms with van der Waals surface area (Å²) in [6, 6.07) is 6.21. The van der Waals surface area contributed by atoms with E-state index in [4.69, 9.17) is 4.74 Å². The van der Waals surface area contributed by atoms with Crippen molar-refractivity contribution in [3.63, 3.8) is 0 Å². The summed E-state index contributed by atoms with van der Waals surface area (Å²) in [5.41, 5.74) is 1.32. The summed E-state index contributed by atoms with van der Waals surface area (Å²) in [6.45, 7) is 4.57. The number of nitrogens with one attached hydrogen (secondary N) is 1. The first-order valence-electron chi connectivity index (χ1n) is 7.42. The molecule has 0 saturated carbocycles. The molecule has 120 valence electrons. The number of rotatable bonds is 6. The lowest BCUT2D eigenvalue weighted by Gasteiger charge is -2.32. The number of hydrogen-bond acceptors (Lipinski definition) is 3. The number of piperidine rings is 1. The fourth-order valence-electron chi connectivity index (χ4n) is 2.82. The minimum atomic E-state index is 0. The van der Waals surface area contributed by atoms with Crippen LogP contribution in [0.5, 0.6) is 5.75 Å². The number of likely N-dealkylation sites (tertiary alicyclic amines) is 1. The fourth-order valence-corrected chi connectivity index (χ4v) is 3.19. The summed E-state index contributed by atoms with van der Waals surface area (Å²) < 4.78 is 6.49. The Bertz CT molecular complexity index is 423. The van der Waals surface area contributed by atoms with E-state index in [1.807, 2.05) is 13.1 Å². The third kappa shape index (κ3) is 5.78. The summed E-state index contributed by atoms with van der Waals surface area (Å²) in [5, 5.41) is 3.25. The predicted octanol–water partition coefficient (Wildman–Crippen LogP) is 3.70. The average molecular weight is 378 g/mol. The van der Waals surface area contributed by atoms with Crippen LogP contribution >= 0.6 is 28.3 Å². The molecule has 1 aliphatic rings. The molecule has 3 nitrogen and oxygen atoms in total. The van der Waals surface area contributed by atoms with E-state index in [0.717, 1.165) is 24.8 Å². The molecule has 5 heteroatoms. The number of halogens is 2. The summed E-state index contributed by atoms with van der Waals surface area (Å²) >= 11 is 3.64. The Morgan fingerprint density at radius 3 is 2.67 bits per heavy atom. The zero-order valence-electron chi connectivity index (χ0n) is 12.9. The van der Waals surface area contributed by atoms with Crippen molar-refractivity contribution in [2.75, 3.05) is 33.8 Å². The number of nitrogens with zero attached hydrogens (tertiary/aromatic N) is 1. The number of methoxy groups -OCH3 is 1. The lowest BCUT2D eigenvalue weighted by molar-refractivity contribution is 0.172. The van der Waals surface area contributed by atoms with E-state index in [2.05, 4.69) is 38.3 Å². The predicted molar refractivity (Wildman–Crippen MR) is 94.5 cm³/mol. The molecule has 1 aromatic rings. The second-order valence-electron chi connectivity index (χ2n) is 5.57. The smallest absolute Gasteiger partial charge is 0.119 e. The SMILES string of the molecule is CNCCC1CCN(Cc2cc(OC)ccc2Br)CC1.Cl. The van der Waals surface area contributed by atoms with Crippen LogP contribution in [-0.4, -0.2) is 38.7 Å². The highest BCUT2D eigenvalue weighted by Gasteiger charge is 2.19. The van der Waals surface area contributed by atoms with Gasteiger partial charge >= 0.3 is 0 Å². The molecule has 0 aromatic heterocycles. The summed E-state index contributed by atoms with van der Waals surface area (Å²) in [7, 11) is 3.76. The molecule has 1 aliphatic heterocycles. The van der Waals surface area contributed by atoms with Crippen LogP contribution < -0.4 is 10.1 Å². The zero-order valence-corrected chi connectivity index (χ0v) is 15.3. The van der Waals surface area contributed by atoms with Gasteiger partial charge in [-0.05, 0) is 75.6 Å². The van der Waals surface area contributed by atoms with Crippen molar-refractivity contribution in [3.05, 3.63) is 28.2 Å². The molecule has 1 aromatic carbocycles. The van der Waals surface area contributed by atoms with Gasteiger partial charge in [0.05, 0.1) is 7.11 Å². The molecule has 1 heterocycles. The standard InChI is InChI=1S/C16H25BrN2O.ClH/c1-18-8-5-13-6-9-19(10-7-13)12-14-11-15(20-2)3-4-16(14)17;/h3-4,11,13,18H,5-10,12H2,1-2H3;1H. The maximum Gasteiger partial charge on any atom is 0.119 e. The first kappa shape index (κ1) is 18.8. The van der Waals surface area contributed by atoms with Crippen LogP contribution in [-0.2, 0) is 6.54 Å². The van der Waals surface area contributed by atoms with Crippen LogP contribution in [0, 0.1) is 5.92 Å². The quantitative estimate of drug-likeness (QED) is 0.818. The Morgan fingerprint density at radius 2 is 2.05 bits per heavy atom.